The van der Waals surface area contributed by atoms with E-state index in [0.717, 1.165) is 0 Å². The number of nitrogens with zero attached hydrogens (tertiary/aromatic N) is 3. The largest absolute Gasteiger partial charge is 0.325 e. The van der Waals surface area contributed by atoms with Crippen molar-refractivity contribution in [2.45, 2.75) is 23.9 Å². The van der Waals surface area contributed by atoms with Gasteiger partial charge in [0.05, 0.1) is 27.8 Å². The van der Waals surface area contributed by atoms with E-state index in [-0.39, 0.29) is 18.0 Å². The molecule has 0 spiro atoms. The summed E-state index contributed by atoms with van der Waals surface area (Å²) in [6.45, 7) is 5.68. The minimum Gasteiger partial charge on any atom is -0.325 e. The molecule has 1 N–H and O–H groups in total. The zero-order valence-electron chi connectivity index (χ0n) is 15.6. The molecule has 0 aliphatic heterocycles. The molecular formula is C21H17ClN4O2S. The molecule has 2 aromatic carbocycles. The first-order valence-corrected chi connectivity index (χ1v) is 9.97. The molecule has 0 aliphatic rings. The molecule has 29 heavy (non-hydrogen) atoms. The Morgan fingerprint density at radius 1 is 1.41 bits per heavy atom. The fraction of sp³-hybridized carbons (Fsp3) is 0.143. The molecule has 0 unspecified atom stereocenters. The van der Waals surface area contributed by atoms with E-state index in [1.807, 2.05) is 6.07 Å². The number of hydrogen-bond donors (Lipinski definition) is 1. The Balaban J connectivity index is 1.89. The lowest BCUT2D eigenvalue weighted by Crippen LogP contribution is -2.26. The number of thioether (sulfide) groups is 1. The van der Waals surface area contributed by atoms with Gasteiger partial charge in [0.15, 0.2) is 5.16 Å². The van der Waals surface area contributed by atoms with Gasteiger partial charge in [-0.05, 0) is 43.3 Å². The van der Waals surface area contributed by atoms with Gasteiger partial charge < -0.3 is 5.32 Å². The van der Waals surface area contributed by atoms with E-state index in [4.69, 9.17) is 16.9 Å². The zero-order valence-corrected chi connectivity index (χ0v) is 17.1. The lowest BCUT2D eigenvalue weighted by molar-refractivity contribution is -0.115. The minimum atomic E-state index is -0.534. The number of carbonyl (C=O) groups is 1. The maximum Gasteiger partial charge on any atom is 0.262 e. The maximum atomic E-state index is 12.9. The van der Waals surface area contributed by atoms with Gasteiger partial charge in [0.2, 0.25) is 5.91 Å². The van der Waals surface area contributed by atoms with Gasteiger partial charge in [0, 0.05) is 17.3 Å². The molecule has 1 heterocycles. The summed E-state index contributed by atoms with van der Waals surface area (Å²) in [6, 6.07) is 13.6. The number of carbonyl (C=O) groups excluding carboxylic acids is 1. The summed E-state index contributed by atoms with van der Waals surface area (Å²) in [5.41, 5.74) is 1.26. The molecule has 1 amide bonds. The molecule has 3 rings (SSSR count). The van der Waals surface area contributed by atoms with Crippen molar-refractivity contribution in [3.05, 3.63) is 76.1 Å². The molecule has 6 nitrogen and oxygen atoms in total. The average molecular weight is 425 g/mol. The highest BCUT2D eigenvalue weighted by Crippen LogP contribution is 2.25. The highest BCUT2D eigenvalue weighted by Gasteiger charge is 2.19. The number of anilines is 1. The maximum absolute atomic E-state index is 12.9. The molecule has 0 bridgehead atoms. The third kappa shape index (κ3) is 4.67. The van der Waals surface area contributed by atoms with Crippen LogP contribution in [0.5, 0.6) is 0 Å². The third-order valence-corrected chi connectivity index (χ3v) is 5.43. The van der Waals surface area contributed by atoms with Crippen LogP contribution in [0.3, 0.4) is 0 Å². The quantitative estimate of drug-likeness (QED) is 0.363. The lowest BCUT2D eigenvalue weighted by atomic mass is 10.2. The normalized spacial score (nSPS) is 11.6. The summed E-state index contributed by atoms with van der Waals surface area (Å²) in [5, 5.41) is 12.5. The molecule has 0 saturated heterocycles. The van der Waals surface area contributed by atoms with Crippen LogP contribution in [-0.4, -0.2) is 20.7 Å². The predicted molar refractivity (Wildman–Crippen MR) is 116 cm³/mol. The second-order valence-electron chi connectivity index (χ2n) is 6.20. The number of hydrogen-bond acceptors (Lipinski definition) is 5. The summed E-state index contributed by atoms with van der Waals surface area (Å²) in [7, 11) is 0. The van der Waals surface area contributed by atoms with Crippen molar-refractivity contribution < 1.29 is 4.79 Å². The van der Waals surface area contributed by atoms with Gasteiger partial charge in [-0.2, -0.15) is 5.26 Å². The first-order valence-electron chi connectivity index (χ1n) is 8.71. The molecule has 146 valence electrons. The topological polar surface area (TPSA) is 87.8 Å². The molecule has 0 saturated carbocycles. The van der Waals surface area contributed by atoms with E-state index in [2.05, 4.69) is 16.9 Å². The Labute approximate surface area is 176 Å². The van der Waals surface area contributed by atoms with Gasteiger partial charge in [0.25, 0.3) is 5.56 Å². The molecule has 8 heteroatoms. The number of halogens is 1. The number of aromatic nitrogens is 2. The number of benzene rings is 2. The second kappa shape index (κ2) is 8.95. The number of fused-ring (bicyclic) bond motifs is 1. The zero-order chi connectivity index (χ0) is 21.0. The molecule has 1 aromatic heterocycles. The standard InChI is InChI=1S/C21H17ClN4O2S/c1-3-9-26-20(28)17-11-15(22)7-8-18(17)25-21(26)29-13(2)19(27)24-16-6-4-5-14(10-16)12-23/h3-8,10-11,13H,1,9H2,2H3,(H,24,27)/t13-/m0/s1. The van der Waals surface area contributed by atoms with Crippen LogP contribution in [0, 0.1) is 11.3 Å². The minimum absolute atomic E-state index is 0.241. The van der Waals surface area contributed by atoms with Gasteiger partial charge in [-0.25, -0.2) is 4.98 Å². The van der Waals surface area contributed by atoms with Crippen LogP contribution in [0.25, 0.3) is 10.9 Å². The van der Waals surface area contributed by atoms with Crippen LogP contribution in [-0.2, 0) is 11.3 Å². The molecule has 1 atom stereocenters. The summed E-state index contributed by atoms with van der Waals surface area (Å²) >= 11 is 7.18. The number of nitrogens with one attached hydrogen (secondary N) is 1. The predicted octanol–water partition coefficient (Wildman–Crippen LogP) is 4.23. The van der Waals surface area contributed by atoms with Crippen LogP contribution >= 0.6 is 23.4 Å². The van der Waals surface area contributed by atoms with Crippen molar-refractivity contribution in [2.75, 3.05) is 5.32 Å². The average Bonchev–Trinajstić information content (AvgIpc) is 2.71. The highest BCUT2D eigenvalue weighted by atomic mass is 35.5. The fourth-order valence-electron chi connectivity index (χ4n) is 2.67. The van der Waals surface area contributed by atoms with Crippen molar-refractivity contribution in [2.24, 2.45) is 0 Å². The Hall–Kier alpha value is -3.08. The molecular weight excluding hydrogens is 408 g/mol. The molecule has 0 fully saturated rings. The third-order valence-electron chi connectivity index (χ3n) is 4.10. The molecule has 0 radical (unpaired) electrons. The van der Waals surface area contributed by atoms with E-state index in [0.29, 0.717) is 32.3 Å². The van der Waals surface area contributed by atoms with Crippen molar-refractivity contribution in [3.8, 4) is 6.07 Å². The van der Waals surface area contributed by atoms with Crippen molar-refractivity contribution in [1.29, 1.82) is 5.26 Å². The van der Waals surface area contributed by atoms with Gasteiger partial charge in [0.1, 0.15) is 0 Å². The lowest BCUT2D eigenvalue weighted by Gasteiger charge is -2.15. The molecule has 3 aromatic rings. The van der Waals surface area contributed by atoms with Gasteiger partial charge in [-0.1, -0.05) is 35.5 Å². The number of amides is 1. The van der Waals surface area contributed by atoms with Crippen molar-refractivity contribution in [3.63, 3.8) is 0 Å². The van der Waals surface area contributed by atoms with Crippen molar-refractivity contribution in [1.82, 2.24) is 9.55 Å². The summed E-state index contributed by atoms with van der Waals surface area (Å²) in [4.78, 5) is 30.0. The Kier molecular flexibility index (Phi) is 6.37. The fourth-order valence-corrected chi connectivity index (χ4v) is 3.76. The van der Waals surface area contributed by atoms with Crippen LogP contribution in [0.15, 0.2) is 65.1 Å². The van der Waals surface area contributed by atoms with Crippen LogP contribution in [0.2, 0.25) is 5.02 Å². The Bertz CT molecular complexity index is 1200. The summed E-state index contributed by atoms with van der Waals surface area (Å²) < 4.78 is 1.47. The SMILES string of the molecule is C=CCn1c(S[C@@H](C)C(=O)Nc2cccc(C#N)c2)nc2ccc(Cl)cc2c1=O. The number of rotatable bonds is 6. The monoisotopic (exact) mass is 424 g/mol. The first kappa shape index (κ1) is 20.6. The summed E-state index contributed by atoms with van der Waals surface area (Å²) in [5.74, 6) is -0.263. The van der Waals surface area contributed by atoms with Crippen molar-refractivity contribution >= 4 is 45.9 Å². The van der Waals surface area contributed by atoms with E-state index in [9.17, 15) is 9.59 Å². The molecule has 0 aliphatic carbocycles. The van der Waals surface area contributed by atoms with E-state index in [1.54, 1.807) is 55.5 Å². The van der Waals surface area contributed by atoms with Crippen LogP contribution < -0.4 is 10.9 Å². The summed E-state index contributed by atoms with van der Waals surface area (Å²) in [6.07, 6.45) is 1.60. The van der Waals surface area contributed by atoms with Gasteiger partial charge in [-0.3, -0.25) is 14.2 Å². The second-order valence-corrected chi connectivity index (χ2v) is 7.95. The number of nitriles is 1. The first-order chi connectivity index (χ1) is 13.9. The highest BCUT2D eigenvalue weighted by molar-refractivity contribution is 8.00. The smallest absolute Gasteiger partial charge is 0.262 e. The van der Waals surface area contributed by atoms with Crippen LogP contribution in [0.4, 0.5) is 5.69 Å². The van der Waals surface area contributed by atoms with E-state index in [1.165, 1.54) is 16.3 Å². The van der Waals surface area contributed by atoms with Gasteiger partial charge >= 0.3 is 0 Å². The van der Waals surface area contributed by atoms with E-state index >= 15 is 0 Å². The number of allylic oxidation sites excluding steroid dienone is 1. The Morgan fingerprint density at radius 2 is 2.21 bits per heavy atom. The Morgan fingerprint density at radius 3 is 2.93 bits per heavy atom. The van der Waals surface area contributed by atoms with Gasteiger partial charge in [-0.15, -0.1) is 6.58 Å². The van der Waals surface area contributed by atoms with Crippen LogP contribution in [0.1, 0.15) is 12.5 Å². The van der Waals surface area contributed by atoms with E-state index < -0.39 is 5.25 Å².